The maximum atomic E-state index is 11.9. The first-order chi connectivity index (χ1) is 11.8. The molecule has 136 valence electrons. The molecule has 0 bridgehead atoms. The molecule has 0 aliphatic heterocycles. The third-order valence-electron chi connectivity index (χ3n) is 3.02. The number of carbonyl (C=O) groups is 4. The molecule has 0 radical (unpaired) electrons. The van der Waals surface area contributed by atoms with E-state index in [0.29, 0.717) is 0 Å². The monoisotopic (exact) mass is 353 g/mol. The molecular weight excluding hydrogens is 334 g/mol. The average molecular weight is 353 g/mol. The van der Waals surface area contributed by atoms with Crippen molar-refractivity contribution in [1.29, 1.82) is 0 Å². The Morgan fingerprint density at radius 1 is 1.08 bits per heavy atom. The number of amides is 3. The van der Waals surface area contributed by atoms with Crippen LogP contribution in [0, 0.1) is 0 Å². The molecule has 0 aliphatic carbocycles. The molecule has 0 saturated carbocycles. The second-order valence-corrected chi connectivity index (χ2v) is 5.01. The van der Waals surface area contributed by atoms with Crippen LogP contribution in [0.3, 0.4) is 0 Å². The van der Waals surface area contributed by atoms with Crippen LogP contribution in [-0.4, -0.2) is 52.8 Å². The highest BCUT2D eigenvalue weighted by Gasteiger charge is 2.27. The van der Waals surface area contributed by atoms with Gasteiger partial charge < -0.3 is 31.3 Å². The normalized spacial score (nSPS) is 12.5. The second kappa shape index (κ2) is 9.88. The van der Waals surface area contributed by atoms with Gasteiger partial charge in [0.15, 0.2) is 0 Å². The summed E-state index contributed by atoms with van der Waals surface area (Å²) in [6, 6.07) is 5.74. The quantitative estimate of drug-likeness (QED) is 0.368. The van der Waals surface area contributed by atoms with Gasteiger partial charge in [0, 0.05) is 0 Å². The summed E-state index contributed by atoms with van der Waals surface area (Å²) in [4.78, 5) is 45.4. The molecule has 0 saturated heterocycles. The van der Waals surface area contributed by atoms with Gasteiger partial charge in [-0.05, 0) is 5.56 Å². The number of hydrogen-bond donors (Lipinski definition) is 5. The van der Waals surface area contributed by atoms with Crippen LogP contribution in [0.4, 0.5) is 4.79 Å². The van der Waals surface area contributed by atoms with E-state index >= 15 is 0 Å². The van der Waals surface area contributed by atoms with Crippen LogP contribution in [0.1, 0.15) is 12.0 Å². The Labute approximate surface area is 143 Å². The number of aliphatic hydroxyl groups excluding tert-OH is 1. The average Bonchev–Trinajstić information content (AvgIpc) is 2.57. The van der Waals surface area contributed by atoms with Crippen LogP contribution >= 0.6 is 0 Å². The minimum Gasteiger partial charge on any atom is -0.480 e. The van der Waals surface area contributed by atoms with Gasteiger partial charge in [0.25, 0.3) is 0 Å². The lowest BCUT2D eigenvalue weighted by molar-refractivity contribution is -0.143. The summed E-state index contributed by atoms with van der Waals surface area (Å²) in [6.07, 6.45) is -1.60. The predicted octanol–water partition coefficient (Wildman–Crippen LogP) is -1.28. The summed E-state index contributed by atoms with van der Waals surface area (Å²) in [5.41, 5.74) is 5.62. The fourth-order valence-corrected chi connectivity index (χ4v) is 1.77. The first-order valence-electron chi connectivity index (χ1n) is 7.23. The lowest BCUT2D eigenvalue weighted by Gasteiger charge is -2.19. The van der Waals surface area contributed by atoms with Crippen LogP contribution in [0.25, 0.3) is 0 Å². The van der Waals surface area contributed by atoms with Gasteiger partial charge in [0.05, 0.1) is 13.0 Å². The molecule has 0 heterocycles. The van der Waals surface area contributed by atoms with Gasteiger partial charge in [-0.3, -0.25) is 9.59 Å². The lowest BCUT2D eigenvalue weighted by atomic mass is 10.2. The summed E-state index contributed by atoms with van der Waals surface area (Å²) >= 11 is 0. The highest BCUT2D eigenvalue weighted by molar-refractivity contribution is 5.91. The van der Waals surface area contributed by atoms with Crippen molar-refractivity contribution < 1.29 is 34.1 Å². The first-order valence-corrected chi connectivity index (χ1v) is 7.23. The van der Waals surface area contributed by atoms with E-state index in [4.69, 9.17) is 15.6 Å². The Morgan fingerprint density at radius 2 is 1.72 bits per heavy atom. The van der Waals surface area contributed by atoms with Crippen molar-refractivity contribution in [1.82, 2.24) is 10.6 Å². The van der Waals surface area contributed by atoms with Crippen LogP contribution in [-0.2, 0) is 25.7 Å². The first kappa shape index (κ1) is 19.9. The SMILES string of the molecule is NC(=O)C[C@H](NC(=O)[C@H](CO)NC(=O)OCc1ccccc1)C(=O)O. The second-order valence-electron chi connectivity index (χ2n) is 5.01. The molecule has 6 N–H and O–H groups in total. The van der Waals surface area contributed by atoms with Gasteiger partial charge >= 0.3 is 12.1 Å². The van der Waals surface area contributed by atoms with Gasteiger partial charge in [-0.1, -0.05) is 30.3 Å². The molecule has 0 fully saturated rings. The number of carboxylic acid groups (broad SMARTS) is 1. The summed E-state index contributed by atoms with van der Waals surface area (Å²) in [6.45, 7) is -0.846. The Morgan fingerprint density at radius 3 is 2.24 bits per heavy atom. The van der Waals surface area contributed by atoms with Crippen molar-refractivity contribution >= 4 is 23.9 Å². The highest BCUT2D eigenvalue weighted by atomic mass is 16.5. The predicted molar refractivity (Wildman–Crippen MR) is 84.0 cm³/mol. The molecule has 0 unspecified atom stereocenters. The minimum absolute atomic E-state index is 0.0497. The van der Waals surface area contributed by atoms with E-state index in [-0.39, 0.29) is 6.61 Å². The number of aliphatic hydroxyl groups is 1. The fourth-order valence-electron chi connectivity index (χ4n) is 1.77. The van der Waals surface area contributed by atoms with Crippen LogP contribution < -0.4 is 16.4 Å². The molecular formula is C15H19N3O7. The number of nitrogens with one attached hydrogen (secondary N) is 2. The maximum Gasteiger partial charge on any atom is 0.408 e. The van der Waals surface area contributed by atoms with Gasteiger partial charge in [-0.15, -0.1) is 0 Å². The number of carboxylic acids is 1. The zero-order valence-electron chi connectivity index (χ0n) is 13.2. The number of aliphatic carboxylic acids is 1. The highest BCUT2D eigenvalue weighted by Crippen LogP contribution is 2.01. The van der Waals surface area contributed by atoms with Crippen molar-refractivity contribution in [3.63, 3.8) is 0 Å². The molecule has 1 aromatic rings. The van der Waals surface area contributed by atoms with Crippen molar-refractivity contribution in [2.45, 2.75) is 25.1 Å². The third-order valence-corrected chi connectivity index (χ3v) is 3.02. The number of rotatable bonds is 9. The van der Waals surface area contributed by atoms with E-state index in [1.165, 1.54) is 0 Å². The summed E-state index contributed by atoms with van der Waals surface area (Å²) in [5, 5.41) is 22.2. The zero-order chi connectivity index (χ0) is 18.8. The number of nitrogens with two attached hydrogens (primary N) is 1. The van der Waals surface area contributed by atoms with Crippen molar-refractivity contribution in [3.8, 4) is 0 Å². The molecule has 2 atom stereocenters. The van der Waals surface area contributed by atoms with Crippen LogP contribution in [0.15, 0.2) is 30.3 Å². The van der Waals surface area contributed by atoms with E-state index in [1.807, 2.05) is 5.32 Å². The smallest absolute Gasteiger partial charge is 0.408 e. The van der Waals surface area contributed by atoms with Crippen molar-refractivity contribution in [2.24, 2.45) is 5.73 Å². The third kappa shape index (κ3) is 7.31. The van der Waals surface area contributed by atoms with E-state index in [2.05, 4.69) is 5.32 Å². The number of carbonyl (C=O) groups excluding carboxylic acids is 3. The Bertz CT molecular complexity index is 621. The Balaban J connectivity index is 2.55. The van der Waals surface area contributed by atoms with Crippen molar-refractivity contribution in [2.75, 3.05) is 6.61 Å². The van der Waals surface area contributed by atoms with Gasteiger partial charge in [-0.2, -0.15) is 0 Å². The molecule has 25 heavy (non-hydrogen) atoms. The molecule has 1 rings (SSSR count). The van der Waals surface area contributed by atoms with E-state index in [0.717, 1.165) is 5.56 Å². The van der Waals surface area contributed by atoms with Gasteiger partial charge in [0.1, 0.15) is 18.7 Å². The molecule has 0 aliphatic rings. The summed E-state index contributed by atoms with van der Waals surface area (Å²) in [5.74, 6) is -3.40. The van der Waals surface area contributed by atoms with E-state index < -0.39 is 49.0 Å². The van der Waals surface area contributed by atoms with E-state index in [9.17, 15) is 24.3 Å². The standard InChI is InChI=1S/C15H19N3O7/c16-12(20)6-10(14(22)23)17-13(21)11(7-19)18-15(24)25-8-9-4-2-1-3-5-9/h1-5,10-11,19H,6-8H2,(H2,16,20)(H,17,21)(H,18,24)(H,22,23)/t10-,11-/m0/s1. The Kier molecular flexibility index (Phi) is 7.87. The number of alkyl carbamates (subject to hydrolysis) is 1. The zero-order valence-corrected chi connectivity index (χ0v) is 13.2. The maximum absolute atomic E-state index is 11.9. The van der Waals surface area contributed by atoms with Crippen molar-refractivity contribution in [3.05, 3.63) is 35.9 Å². The minimum atomic E-state index is -1.57. The fraction of sp³-hybridized carbons (Fsp3) is 0.333. The number of benzene rings is 1. The Hall–Kier alpha value is -3.14. The molecule has 0 aromatic heterocycles. The molecule has 3 amide bonds. The lowest BCUT2D eigenvalue weighted by Crippen LogP contribution is -2.53. The van der Waals surface area contributed by atoms with Gasteiger partial charge in [-0.25, -0.2) is 9.59 Å². The molecule has 10 nitrogen and oxygen atoms in total. The molecule has 0 spiro atoms. The molecule has 10 heteroatoms. The summed E-state index contributed by atoms with van der Waals surface area (Å²) in [7, 11) is 0. The van der Waals surface area contributed by atoms with Gasteiger partial charge in [0.2, 0.25) is 11.8 Å². The number of primary amides is 1. The number of hydrogen-bond acceptors (Lipinski definition) is 6. The van der Waals surface area contributed by atoms with Crippen LogP contribution in [0.2, 0.25) is 0 Å². The summed E-state index contributed by atoms with van der Waals surface area (Å²) < 4.78 is 4.90. The van der Waals surface area contributed by atoms with E-state index in [1.54, 1.807) is 30.3 Å². The largest absolute Gasteiger partial charge is 0.480 e. The topological polar surface area (TPSA) is 168 Å². The molecule has 1 aromatic carbocycles. The van der Waals surface area contributed by atoms with Crippen LogP contribution in [0.5, 0.6) is 0 Å². The number of ether oxygens (including phenoxy) is 1.